The number of pyridine rings is 1. The Hall–Kier alpha value is -4.51. The second kappa shape index (κ2) is 10.0. The number of rotatable bonds is 6. The van der Waals surface area contributed by atoms with Crippen molar-refractivity contribution in [1.29, 1.82) is 0 Å². The van der Waals surface area contributed by atoms with Gasteiger partial charge in [-0.25, -0.2) is 4.98 Å². The molecule has 1 aromatic heterocycles. The number of aromatic nitrogens is 1. The number of benzene rings is 4. The predicted molar refractivity (Wildman–Crippen MR) is 139 cm³/mol. The molecule has 1 heterocycles. The maximum Gasteiger partial charge on any atom is 0.303 e. The van der Waals surface area contributed by atoms with E-state index in [9.17, 15) is 9.59 Å². The highest BCUT2D eigenvalue weighted by molar-refractivity contribution is 5.93. The second-order valence-electron chi connectivity index (χ2n) is 8.69. The first-order valence-corrected chi connectivity index (χ1v) is 11.8. The fourth-order valence-corrected chi connectivity index (χ4v) is 4.45. The van der Waals surface area contributed by atoms with Crippen LogP contribution in [0.5, 0.6) is 0 Å². The molecule has 0 saturated heterocycles. The standard InChI is InChI=1S/C31H25NO4/c1-20(33)35-30(22-9-5-3-6-10-22)24-13-15-28-26(17-24)19-27-18-25(14-16-29(27)32-28)31(36-21(2)34)23-11-7-4-8-12-23/h3-19,30-31H,1-2H3. The third-order valence-corrected chi connectivity index (χ3v) is 6.03. The van der Waals surface area contributed by atoms with Gasteiger partial charge in [-0.3, -0.25) is 9.59 Å². The summed E-state index contributed by atoms with van der Waals surface area (Å²) in [5, 5.41) is 1.85. The zero-order valence-electron chi connectivity index (χ0n) is 20.0. The average Bonchev–Trinajstić information content (AvgIpc) is 2.89. The van der Waals surface area contributed by atoms with Crippen molar-refractivity contribution in [2.45, 2.75) is 26.1 Å². The predicted octanol–water partition coefficient (Wildman–Crippen LogP) is 6.69. The molecule has 178 valence electrons. The molecule has 0 spiro atoms. The molecule has 2 atom stereocenters. The van der Waals surface area contributed by atoms with Crippen molar-refractivity contribution in [3.63, 3.8) is 0 Å². The lowest BCUT2D eigenvalue weighted by atomic mass is 9.97. The van der Waals surface area contributed by atoms with Crippen molar-refractivity contribution in [3.8, 4) is 0 Å². The van der Waals surface area contributed by atoms with Crippen molar-refractivity contribution in [3.05, 3.63) is 125 Å². The third kappa shape index (κ3) is 4.96. The van der Waals surface area contributed by atoms with Crippen LogP contribution in [0, 0.1) is 0 Å². The lowest BCUT2D eigenvalue weighted by Crippen LogP contribution is -2.10. The number of esters is 2. The summed E-state index contributed by atoms with van der Waals surface area (Å²) in [4.78, 5) is 28.6. The van der Waals surface area contributed by atoms with Crippen LogP contribution in [-0.4, -0.2) is 16.9 Å². The molecule has 5 aromatic rings. The molecular weight excluding hydrogens is 450 g/mol. The van der Waals surface area contributed by atoms with E-state index in [2.05, 4.69) is 6.07 Å². The lowest BCUT2D eigenvalue weighted by Gasteiger charge is -2.19. The molecule has 4 aromatic carbocycles. The Balaban J connectivity index is 1.59. The molecule has 0 fully saturated rings. The first kappa shape index (κ1) is 23.2. The summed E-state index contributed by atoms with van der Waals surface area (Å²) in [6.45, 7) is 2.83. The van der Waals surface area contributed by atoms with Gasteiger partial charge in [0.15, 0.2) is 12.2 Å². The number of ether oxygens (including phenoxy) is 2. The summed E-state index contributed by atoms with van der Waals surface area (Å²) < 4.78 is 11.4. The van der Waals surface area contributed by atoms with E-state index in [1.165, 1.54) is 13.8 Å². The van der Waals surface area contributed by atoms with E-state index in [-0.39, 0.29) is 11.9 Å². The molecule has 0 N–H and O–H groups in total. The minimum Gasteiger partial charge on any atom is -0.453 e. The summed E-state index contributed by atoms with van der Waals surface area (Å²) in [6, 6.07) is 33.2. The Morgan fingerprint density at radius 2 is 0.972 bits per heavy atom. The molecule has 5 heteroatoms. The lowest BCUT2D eigenvalue weighted by molar-refractivity contribution is -0.145. The van der Waals surface area contributed by atoms with Crippen LogP contribution in [0.15, 0.2) is 103 Å². The van der Waals surface area contributed by atoms with Gasteiger partial charge in [0.25, 0.3) is 0 Å². The maximum absolute atomic E-state index is 11.9. The van der Waals surface area contributed by atoms with E-state index in [1.807, 2.05) is 97.1 Å². The zero-order chi connectivity index (χ0) is 25.1. The van der Waals surface area contributed by atoms with Crippen LogP contribution in [0.3, 0.4) is 0 Å². The van der Waals surface area contributed by atoms with Gasteiger partial charge >= 0.3 is 11.9 Å². The fourth-order valence-electron chi connectivity index (χ4n) is 4.45. The highest BCUT2D eigenvalue weighted by Gasteiger charge is 2.20. The van der Waals surface area contributed by atoms with Crippen molar-refractivity contribution in [2.24, 2.45) is 0 Å². The zero-order valence-corrected chi connectivity index (χ0v) is 20.0. The largest absolute Gasteiger partial charge is 0.453 e. The number of carbonyl (C=O) groups excluding carboxylic acids is 2. The SMILES string of the molecule is CC(=O)OC(c1ccccc1)c1ccc2nc3ccc(C(OC(C)=O)c4ccccc4)cc3cc2c1. The highest BCUT2D eigenvalue weighted by Crippen LogP contribution is 2.32. The molecule has 5 rings (SSSR count). The smallest absolute Gasteiger partial charge is 0.303 e. The monoisotopic (exact) mass is 475 g/mol. The Morgan fingerprint density at radius 3 is 1.36 bits per heavy atom. The summed E-state index contributed by atoms with van der Waals surface area (Å²) in [5.74, 6) is -0.690. The molecular formula is C31H25NO4. The topological polar surface area (TPSA) is 65.5 Å². The van der Waals surface area contributed by atoms with E-state index in [0.29, 0.717) is 0 Å². The quantitative estimate of drug-likeness (QED) is 0.202. The van der Waals surface area contributed by atoms with Crippen LogP contribution in [0.4, 0.5) is 0 Å². The van der Waals surface area contributed by atoms with Gasteiger partial charge in [-0.1, -0.05) is 72.8 Å². The molecule has 0 amide bonds. The normalized spacial score (nSPS) is 12.7. The summed E-state index contributed by atoms with van der Waals surface area (Å²) >= 11 is 0. The number of hydrogen-bond acceptors (Lipinski definition) is 5. The molecule has 5 nitrogen and oxygen atoms in total. The Morgan fingerprint density at radius 1 is 0.556 bits per heavy atom. The molecule has 36 heavy (non-hydrogen) atoms. The number of fused-ring (bicyclic) bond motifs is 2. The van der Waals surface area contributed by atoms with Crippen molar-refractivity contribution >= 4 is 33.7 Å². The third-order valence-electron chi connectivity index (χ3n) is 6.03. The van der Waals surface area contributed by atoms with E-state index < -0.39 is 12.2 Å². The molecule has 0 saturated carbocycles. The minimum atomic E-state index is -0.512. The summed E-state index contributed by atoms with van der Waals surface area (Å²) in [7, 11) is 0. The van der Waals surface area contributed by atoms with Gasteiger partial charge in [0.1, 0.15) is 0 Å². The first-order valence-electron chi connectivity index (χ1n) is 11.8. The van der Waals surface area contributed by atoms with Gasteiger partial charge in [0.05, 0.1) is 11.0 Å². The molecule has 0 aliphatic rings. The van der Waals surface area contributed by atoms with Crippen molar-refractivity contribution in [1.82, 2.24) is 4.98 Å². The Kier molecular flexibility index (Phi) is 6.46. The van der Waals surface area contributed by atoms with E-state index in [4.69, 9.17) is 14.5 Å². The fraction of sp³-hybridized carbons (Fsp3) is 0.129. The minimum absolute atomic E-state index is 0.345. The molecule has 0 bridgehead atoms. The second-order valence-corrected chi connectivity index (χ2v) is 8.69. The van der Waals surface area contributed by atoms with Gasteiger partial charge in [-0.05, 0) is 52.6 Å². The van der Waals surface area contributed by atoms with Gasteiger partial charge < -0.3 is 9.47 Å². The average molecular weight is 476 g/mol. The van der Waals surface area contributed by atoms with Crippen molar-refractivity contribution < 1.29 is 19.1 Å². The van der Waals surface area contributed by atoms with Gasteiger partial charge in [-0.2, -0.15) is 0 Å². The molecule has 2 unspecified atom stereocenters. The first-order chi connectivity index (χ1) is 17.5. The molecule has 0 aliphatic heterocycles. The highest BCUT2D eigenvalue weighted by atomic mass is 16.5. The van der Waals surface area contributed by atoms with Crippen LogP contribution >= 0.6 is 0 Å². The van der Waals surface area contributed by atoms with E-state index in [1.54, 1.807) is 0 Å². The summed E-state index contributed by atoms with van der Waals surface area (Å²) in [6.07, 6.45) is -1.02. The number of hydrogen-bond donors (Lipinski definition) is 0. The van der Waals surface area contributed by atoms with Crippen LogP contribution in [-0.2, 0) is 19.1 Å². The van der Waals surface area contributed by atoms with Gasteiger partial charge in [0.2, 0.25) is 0 Å². The maximum atomic E-state index is 11.9. The van der Waals surface area contributed by atoms with Gasteiger partial charge in [0, 0.05) is 24.6 Å². The Labute approximate surface area is 209 Å². The number of nitrogens with zero attached hydrogens (tertiary/aromatic N) is 1. The van der Waals surface area contributed by atoms with Crippen LogP contribution < -0.4 is 0 Å². The van der Waals surface area contributed by atoms with Crippen molar-refractivity contribution in [2.75, 3.05) is 0 Å². The van der Waals surface area contributed by atoms with Gasteiger partial charge in [-0.15, -0.1) is 0 Å². The molecule has 0 radical (unpaired) electrons. The van der Waals surface area contributed by atoms with Crippen LogP contribution in [0.1, 0.15) is 48.3 Å². The van der Waals surface area contributed by atoms with E-state index >= 15 is 0 Å². The van der Waals surface area contributed by atoms with E-state index in [0.717, 1.165) is 44.1 Å². The summed E-state index contributed by atoms with van der Waals surface area (Å²) in [5.41, 5.74) is 5.21. The molecule has 0 aliphatic carbocycles. The van der Waals surface area contributed by atoms with Crippen LogP contribution in [0.25, 0.3) is 21.8 Å². The number of carbonyl (C=O) groups is 2. The Bertz CT molecular complexity index is 1430. The van der Waals surface area contributed by atoms with Crippen LogP contribution in [0.2, 0.25) is 0 Å².